The molecule has 2 unspecified atom stereocenters. The number of hydrogen-bond donors (Lipinski definition) is 0. The summed E-state index contributed by atoms with van der Waals surface area (Å²) in [6.45, 7) is 2.91. The summed E-state index contributed by atoms with van der Waals surface area (Å²) in [6.07, 6.45) is 1.19. The lowest BCUT2D eigenvalue weighted by Gasteiger charge is -2.38. The fraction of sp³-hybridized carbons (Fsp3) is 0.417. The van der Waals surface area contributed by atoms with Crippen LogP contribution in [0.5, 0.6) is 11.8 Å². The second kappa shape index (κ2) is 8.41. The Bertz CT molecular complexity index is 1220. The second-order valence-corrected chi connectivity index (χ2v) is 8.73. The fourth-order valence-corrected chi connectivity index (χ4v) is 5.05. The van der Waals surface area contributed by atoms with Crippen LogP contribution in [0.4, 0.5) is 13.2 Å². The molecule has 2 atom stereocenters. The molecule has 0 N–H and O–H groups in total. The van der Waals surface area contributed by atoms with Crippen LogP contribution in [-0.2, 0) is 6.18 Å². The van der Waals surface area contributed by atoms with E-state index in [1.807, 2.05) is 36.1 Å². The zero-order chi connectivity index (χ0) is 23.9. The Morgan fingerprint density at radius 3 is 2.68 bits per heavy atom. The SMILES string of the molecule is CCOc1ncc2ccccc2c1C(=O)N1CC2CCC1(COc1cnc(C(F)(F)F)cn1)C2. The van der Waals surface area contributed by atoms with Gasteiger partial charge in [0, 0.05) is 23.5 Å². The highest BCUT2D eigenvalue weighted by atomic mass is 19.4. The summed E-state index contributed by atoms with van der Waals surface area (Å²) in [5.74, 6) is 0.437. The van der Waals surface area contributed by atoms with Gasteiger partial charge >= 0.3 is 6.18 Å². The number of piperidine rings is 1. The zero-order valence-corrected chi connectivity index (χ0v) is 18.5. The summed E-state index contributed by atoms with van der Waals surface area (Å²) in [5, 5.41) is 1.60. The number of rotatable bonds is 6. The highest BCUT2D eigenvalue weighted by molar-refractivity contribution is 6.09. The van der Waals surface area contributed by atoms with E-state index in [0.29, 0.717) is 36.7 Å². The lowest BCUT2D eigenvalue weighted by Crippen LogP contribution is -2.52. The molecule has 0 spiro atoms. The molecule has 2 aliphatic rings. The van der Waals surface area contributed by atoms with Crippen LogP contribution in [0.25, 0.3) is 10.8 Å². The van der Waals surface area contributed by atoms with Crippen LogP contribution in [0, 0.1) is 5.92 Å². The first-order valence-corrected chi connectivity index (χ1v) is 11.2. The van der Waals surface area contributed by atoms with Gasteiger partial charge in [-0.05, 0) is 32.1 Å². The van der Waals surface area contributed by atoms with Gasteiger partial charge in [0.1, 0.15) is 12.2 Å². The summed E-state index contributed by atoms with van der Waals surface area (Å²) in [6, 6.07) is 7.53. The molecule has 1 aromatic carbocycles. The van der Waals surface area contributed by atoms with Gasteiger partial charge in [-0.1, -0.05) is 24.3 Å². The van der Waals surface area contributed by atoms with Gasteiger partial charge in [0.2, 0.25) is 11.8 Å². The Hall–Kier alpha value is -3.43. The minimum Gasteiger partial charge on any atom is -0.477 e. The van der Waals surface area contributed by atoms with Gasteiger partial charge in [-0.15, -0.1) is 0 Å². The van der Waals surface area contributed by atoms with Crippen molar-refractivity contribution in [2.75, 3.05) is 19.8 Å². The van der Waals surface area contributed by atoms with Crippen LogP contribution in [0.3, 0.4) is 0 Å². The van der Waals surface area contributed by atoms with Crippen LogP contribution in [-0.4, -0.2) is 51.1 Å². The predicted molar refractivity (Wildman–Crippen MR) is 117 cm³/mol. The number of aromatic nitrogens is 3. The van der Waals surface area contributed by atoms with E-state index in [0.717, 1.165) is 36.2 Å². The van der Waals surface area contributed by atoms with Gasteiger partial charge in [0.25, 0.3) is 5.91 Å². The van der Waals surface area contributed by atoms with Gasteiger partial charge in [-0.3, -0.25) is 4.79 Å². The van der Waals surface area contributed by atoms with Gasteiger partial charge < -0.3 is 14.4 Å². The Labute approximate surface area is 193 Å². The van der Waals surface area contributed by atoms with Crippen molar-refractivity contribution in [3.05, 3.63) is 54.1 Å². The maximum atomic E-state index is 13.9. The lowest BCUT2D eigenvalue weighted by atomic mass is 9.96. The van der Waals surface area contributed by atoms with Gasteiger partial charge in [-0.25, -0.2) is 15.0 Å². The smallest absolute Gasteiger partial charge is 0.434 e. The van der Waals surface area contributed by atoms with E-state index in [1.165, 1.54) is 0 Å². The standard InChI is InChI=1S/C24H23F3N4O3/c1-2-33-21-20(17-6-4-3-5-16(17)10-30-21)22(32)31-13-15-7-8-23(31,9-15)14-34-19-12-28-18(11-29-19)24(25,26)27/h3-6,10-12,15H,2,7-9,13-14H2,1H3. The molecule has 2 aromatic heterocycles. The van der Waals surface area contributed by atoms with Crippen molar-refractivity contribution in [3.63, 3.8) is 0 Å². The second-order valence-electron chi connectivity index (χ2n) is 8.73. The number of carbonyl (C=O) groups is 1. The number of pyridine rings is 1. The van der Waals surface area contributed by atoms with Crippen molar-refractivity contribution in [2.45, 2.75) is 37.9 Å². The topological polar surface area (TPSA) is 77.4 Å². The molecule has 1 saturated heterocycles. The highest BCUT2D eigenvalue weighted by Crippen LogP contribution is 2.48. The van der Waals surface area contributed by atoms with Crippen LogP contribution >= 0.6 is 0 Å². The Kier molecular flexibility index (Phi) is 5.53. The van der Waals surface area contributed by atoms with Crippen LogP contribution < -0.4 is 9.47 Å². The van der Waals surface area contributed by atoms with Crippen molar-refractivity contribution in [1.29, 1.82) is 0 Å². The van der Waals surface area contributed by atoms with E-state index in [1.54, 1.807) is 6.20 Å². The molecule has 10 heteroatoms. The summed E-state index contributed by atoms with van der Waals surface area (Å²) in [7, 11) is 0. The molecule has 5 rings (SSSR count). The summed E-state index contributed by atoms with van der Waals surface area (Å²) >= 11 is 0. The summed E-state index contributed by atoms with van der Waals surface area (Å²) in [5.41, 5.74) is -1.24. The molecule has 3 heterocycles. The molecule has 7 nitrogen and oxygen atoms in total. The molecule has 1 aliphatic heterocycles. The van der Waals surface area contributed by atoms with E-state index in [2.05, 4.69) is 15.0 Å². The molecule has 1 aliphatic carbocycles. The quantitative estimate of drug-likeness (QED) is 0.525. The number of fused-ring (bicyclic) bond motifs is 3. The molecule has 0 radical (unpaired) electrons. The Morgan fingerprint density at radius 2 is 1.97 bits per heavy atom. The van der Waals surface area contributed by atoms with E-state index >= 15 is 0 Å². The van der Waals surface area contributed by atoms with Crippen LogP contribution in [0.1, 0.15) is 42.2 Å². The number of carbonyl (C=O) groups excluding carboxylic acids is 1. The van der Waals surface area contributed by atoms with Crippen LogP contribution in [0.2, 0.25) is 0 Å². The molecule has 1 amide bonds. The summed E-state index contributed by atoms with van der Waals surface area (Å²) < 4.78 is 49.8. The molecule has 2 bridgehead atoms. The normalized spacial score (nSPS) is 21.8. The first-order valence-electron chi connectivity index (χ1n) is 11.2. The summed E-state index contributed by atoms with van der Waals surface area (Å²) in [4.78, 5) is 27.3. The molecule has 178 valence electrons. The highest BCUT2D eigenvalue weighted by Gasteiger charge is 2.54. The van der Waals surface area contributed by atoms with Crippen molar-refractivity contribution >= 4 is 16.7 Å². The Balaban J connectivity index is 1.43. The first-order chi connectivity index (χ1) is 16.3. The largest absolute Gasteiger partial charge is 0.477 e. The number of halogens is 3. The first kappa shape index (κ1) is 22.4. The van der Waals surface area contributed by atoms with Crippen molar-refractivity contribution in [1.82, 2.24) is 19.9 Å². The monoisotopic (exact) mass is 472 g/mol. The van der Waals surface area contributed by atoms with E-state index < -0.39 is 17.4 Å². The predicted octanol–water partition coefficient (Wildman–Crippen LogP) is 4.52. The molecule has 34 heavy (non-hydrogen) atoms. The minimum atomic E-state index is -4.57. The molecule has 3 aromatic rings. The Morgan fingerprint density at radius 1 is 1.15 bits per heavy atom. The number of likely N-dealkylation sites (tertiary alicyclic amines) is 1. The maximum absolute atomic E-state index is 13.9. The number of nitrogens with zero attached hydrogens (tertiary/aromatic N) is 4. The molecule has 2 fully saturated rings. The van der Waals surface area contributed by atoms with Crippen molar-refractivity contribution in [3.8, 4) is 11.8 Å². The van der Waals surface area contributed by atoms with Gasteiger partial charge in [0.05, 0.1) is 24.5 Å². The molecule has 1 saturated carbocycles. The number of hydrogen-bond acceptors (Lipinski definition) is 6. The average molecular weight is 472 g/mol. The number of benzene rings is 1. The number of ether oxygens (including phenoxy) is 2. The number of amides is 1. The maximum Gasteiger partial charge on any atom is 0.434 e. The average Bonchev–Trinajstić information content (AvgIpc) is 3.41. The lowest BCUT2D eigenvalue weighted by molar-refractivity contribution is -0.141. The third kappa shape index (κ3) is 3.91. The van der Waals surface area contributed by atoms with E-state index in [-0.39, 0.29) is 18.4 Å². The number of alkyl halides is 3. The molecular formula is C24H23F3N4O3. The van der Waals surface area contributed by atoms with Crippen LogP contribution in [0.15, 0.2) is 42.9 Å². The van der Waals surface area contributed by atoms with Gasteiger partial charge in [-0.2, -0.15) is 13.2 Å². The third-order valence-electron chi connectivity index (χ3n) is 6.61. The minimum absolute atomic E-state index is 0.00745. The van der Waals surface area contributed by atoms with Crippen molar-refractivity contribution < 1.29 is 27.4 Å². The fourth-order valence-electron chi connectivity index (χ4n) is 5.05. The third-order valence-corrected chi connectivity index (χ3v) is 6.61. The van der Waals surface area contributed by atoms with E-state index in [4.69, 9.17) is 9.47 Å². The molecular weight excluding hydrogens is 449 g/mol. The van der Waals surface area contributed by atoms with E-state index in [9.17, 15) is 18.0 Å². The zero-order valence-electron chi connectivity index (χ0n) is 18.5. The van der Waals surface area contributed by atoms with Crippen molar-refractivity contribution in [2.24, 2.45) is 5.92 Å². The van der Waals surface area contributed by atoms with Gasteiger partial charge in [0.15, 0.2) is 5.69 Å².